The number of benzene rings is 4. The standard InChI is InChI=1S/C31H25N3O3/c1-21-8-12-26(13-9-21)30-32-29(33-34(30)27-18-10-22(2)11-19-27)31(36)37-20-28(35)25-16-14-24(15-17-25)23-6-4-3-5-7-23/h3-19H,20H2,1-2H3. The molecule has 0 aliphatic rings. The third-order valence-corrected chi connectivity index (χ3v) is 6.03. The molecule has 0 radical (unpaired) electrons. The molecule has 5 rings (SSSR count). The molecule has 6 heteroatoms. The first kappa shape index (κ1) is 23.9. The van der Waals surface area contributed by atoms with Crippen LogP contribution in [-0.4, -0.2) is 33.1 Å². The summed E-state index contributed by atoms with van der Waals surface area (Å²) in [6.45, 7) is 3.60. The van der Waals surface area contributed by atoms with Crippen molar-refractivity contribution < 1.29 is 14.3 Å². The topological polar surface area (TPSA) is 74.1 Å². The van der Waals surface area contributed by atoms with Gasteiger partial charge in [0, 0.05) is 11.1 Å². The van der Waals surface area contributed by atoms with E-state index in [2.05, 4.69) is 10.1 Å². The quantitative estimate of drug-likeness (QED) is 0.200. The molecule has 37 heavy (non-hydrogen) atoms. The summed E-state index contributed by atoms with van der Waals surface area (Å²) in [6, 6.07) is 32.7. The lowest BCUT2D eigenvalue weighted by Gasteiger charge is -2.06. The number of hydrogen-bond acceptors (Lipinski definition) is 5. The van der Waals surface area contributed by atoms with Gasteiger partial charge >= 0.3 is 5.97 Å². The van der Waals surface area contributed by atoms with Crippen molar-refractivity contribution >= 4 is 11.8 Å². The molecule has 0 fully saturated rings. The van der Waals surface area contributed by atoms with Gasteiger partial charge in [-0.25, -0.2) is 14.5 Å². The highest BCUT2D eigenvalue weighted by atomic mass is 16.5. The predicted octanol–water partition coefficient (Wildman–Crippen LogP) is 6.26. The number of hydrogen-bond donors (Lipinski definition) is 0. The SMILES string of the molecule is Cc1ccc(-c2nc(C(=O)OCC(=O)c3ccc(-c4ccccc4)cc3)nn2-c2ccc(C)cc2)cc1. The molecule has 0 bridgehead atoms. The molecule has 182 valence electrons. The second-order valence-corrected chi connectivity index (χ2v) is 8.82. The Hall–Kier alpha value is -4.84. The van der Waals surface area contributed by atoms with Crippen LogP contribution in [0.3, 0.4) is 0 Å². The number of nitrogens with zero attached hydrogens (tertiary/aromatic N) is 3. The van der Waals surface area contributed by atoms with Gasteiger partial charge in [-0.3, -0.25) is 4.79 Å². The Bertz CT molecular complexity index is 1470. The van der Waals surface area contributed by atoms with Crippen LogP contribution < -0.4 is 0 Å². The first-order valence-corrected chi connectivity index (χ1v) is 11.9. The summed E-state index contributed by atoms with van der Waals surface area (Å²) in [5, 5.41) is 4.42. The minimum absolute atomic E-state index is 0.108. The Balaban J connectivity index is 1.34. The number of aryl methyl sites for hydroxylation is 2. The molecule has 0 saturated carbocycles. The molecule has 4 aromatic carbocycles. The Morgan fingerprint density at radius 3 is 1.92 bits per heavy atom. The summed E-state index contributed by atoms with van der Waals surface area (Å²) in [4.78, 5) is 30.0. The van der Waals surface area contributed by atoms with Crippen LogP contribution in [0.2, 0.25) is 0 Å². The van der Waals surface area contributed by atoms with Gasteiger partial charge in [0.15, 0.2) is 18.2 Å². The number of carbonyl (C=O) groups is 2. The van der Waals surface area contributed by atoms with Gasteiger partial charge < -0.3 is 4.74 Å². The fourth-order valence-electron chi connectivity index (χ4n) is 3.91. The zero-order valence-corrected chi connectivity index (χ0v) is 20.6. The van der Waals surface area contributed by atoms with Crippen molar-refractivity contribution in [3.05, 3.63) is 126 Å². The second-order valence-electron chi connectivity index (χ2n) is 8.82. The molecular formula is C31H25N3O3. The van der Waals surface area contributed by atoms with Crippen LogP contribution in [0.25, 0.3) is 28.2 Å². The van der Waals surface area contributed by atoms with Crippen LogP contribution in [0.4, 0.5) is 0 Å². The third-order valence-electron chi connectivity index (χ3n) is 6.03. The van der Waals surface area contributed by atoms with Gasteiger partial charge in [0.25, 0.3) is 5.82 Å². The molecule has 1 heterocycles. The number of carbonyl (C=O) groups excluding carboxylic acids is 2. The minimum Gasteiger partial charge on any atom is -0.451 e. The highest BCUT2D eigenvalue weighted by Crippen LogP contribution is 2.23. The van der Waals surface area contributed by atoms with Crippen molar-refractivity contribution in [3.63, 3.8) is 0 Å². The summed E-state index contributed by atoms with van der Waals surface area (Å²) in [7, 11) is 0. The lowest BCUT2D eigenvalue weighted by Crippen LogP contribution is -2.15. The maximum atomic E-state index is 12.8. The number of aromatic nitrogens is 3. The molecule has 0 aliphatic carbocycles. The summed E-state index contributed by atoms with van der Waals surface area (Å²) in [6.07, 6.45) is 0. The fraction of sp³-hybridized carbons (Fsp3) is 0.0968. The van der Waals surface area contributed by atoms with E-state index in [1.165, 1.54) is 0 Å². The van der Waals surface area contributed by atoms with Crippen molar-refractivity contribution in [2.75, 3.05) is 6.61 Å². The van der Waals surface area contributed by atoms with Crippen LogP contribution in [0.1, 0.15) is 32.1 Å². The average molecular weight is 488 g/mol. The smallest absolute Gasteiger partial charge is 0.378 e. The van der Waals surface area contributed by atoms with Gasteiger partial charge in [-0.15, -0.1) is 5.10 Å². The van der Waals surface area contributed by atoms with Crippen LogP contribution in [-0.2, 0) is 4.74 Å². The summed E-state index contributed by atoms with van der Waals surface area (Å²) in [5.41, 5.74) is 6.33. The molecule has 0 atom stereocenters. The Morgan fingerprint density at radius 2 is 1.27 bits per heavy atom. The molecule has 0 aliphatic heterocycles. The van der Waals surface area contributed by atoms with E-state index in [9.17, 15) is 9.59 Å². The Kier molecular flexibility index (Phi) is 6.72. The third kappa shape index (κ3) is 5.38. The van der Waals surface area contributed by atoms with Crippen LogP contribution in [0.15, 0.2) is 103 Å². The van der Waals surface area contributed by atoms with Gasteiger partial charge in [0.1, 0.15) is 0 Å². The van der Waals surface area contributed by atoms with Gasteiger partial charge in [-0.05, 0) is 37.1 Å². The Morgan fingerprint density at radius 1 is 0.703 bits per heavy atom. The van der Waals surface area contributed by atoms with E-state index in [-0.39, 0.29) is 11.6 Å². The lowest BCUT2D eigenvalue weighted by molar-refractivity contribution is 0.0462. The van der Waals surface area contributed by atoms with E-state index < -0.39 is 12.6 Å². The maximum absolute atomic E-state index is 12.8. The molecule has 0 saturated heterocycles. The predicted molar refractivity (Wildman–Crippen MR) is 143 cm³/mol. The van der Waals surface area contributed by atoms with E-state index in [4.69, 9.17) is 4.74 Å². The fourth-order valence-corrected chi connectivity index (χ4v) is 3.91. The van der Waals surface area contributed by atoms with Crippen molar-refractivity contribution in [2.45, 2.75) is 13.8 Å². The minimum atomic E-state index is -0.756. The van der Waals surface area contributed by atoms with E-state index in [0.717, 1.165) is 33.5 Å². The van der Waals surface area contributed by atoms with E-state index >= 15 is 0 Å². The zero-order chi connectivity index (χ0) is 25.8. The zero-order valence-electron chi connectivity index (χ0n) is 20.6. The van der Waals surface area contributed by atoms with Gasteiger partial charge in [-0.1, -0.05) is 102 Å². The number of ether oxygens (including phenoxy) is 1. The lowest BCUT2D eigenvalue weighted by atomic mass is 10.0. The highest BCUT2D eigenvalue weighted by molar-refractivity contribution is 5.99. The molecule has 0 unspecified atom stereocenters. The van der Waals surface area contributed by atoms with Crippen molar-refractivity contribution in [1.29, 1.82) is 0 Å². The largest absolute Gasteiger partial charge is 0.451 e. The highest BCUT2D eigenvalue weighted by Gasteiger charge is 2.21. The number of Topliss-reactive ketones (excluding diaryl/α,β-unsaturated/α-hetero) is 1. The maximum Gasteiger partial charge on any atom is 0.378 e. The van der Waals surface area contributed by atoms with E-state index in [1.54, 1.807) is 16.8 Å². The average Bonchev–Trinajstić information content (AvgIpc) is 3.38. The van der Waals surface area contributed by atoms with Crippen LogP contribution in [0, 0.1) is 13.8 Å². The van der Waals surface area contributed by atoms with Crippen molar-refractivity contribution in [3.8, 4) is 28.2 Å². The number of ketones is 1. The molecule has 1 aromatic heterocycles. The first-order valence-electron chi connectivity index (χ1n) is 11.9. The van der Waals surface area contributed by atoms with Crippen LogP contribution >= 0.6 is 0 Å². The summed E-state index contributed by atoms with van der Waals surface area (Å²) < 4.78 is 6.93. The molecule has 5 aromatic rings. The molecular weight excluding hydrogens is 462 g/mol. The van der Waals surface area contributed by atoms with E-state index in [1.807, 2.05) is 105 Å². The molecule has 0 N–H and O–H groups in total. The van der Waals surface area contributed by atoms with E-state index in [0.29, 0.717) is 11.4 Å². The monoisotopic (exact) mass is 487 g/mol. The normalized spacial score (nSPS) is 10.8. The summed E-state index contributed by atoms with van der Waals surface area (Å²) >= 11 is 0. The molecule has 0 spiro atoms. The second kappa shape index (κ2) is 10.4. The van der Waals surface area contributed by atoms with Crippen LogP contribution in [0.5, 0.6) is 0 Å². The van der Waals surface area contributed by atoms with Gasteiger partial charge in [-0.2, -0.15) is 0 Å². The number of esters is 1. The molecule has 0 amide bonds. The summed E-state index contributed by atoms with van der Waals surface area (Å²) in [5.74, 6) is -0.653. The van der Waals surface area contributed by atoms with Gasteiger partial charge in [0.2, 0.25) is 0 Å². The van der Waals surface area contributed by atoms with Gasteiger partial charge in [0.05, 0.1) is 5.69 Å². The van der Waals surface area contributed by atoms with Crippen molar-refractivity contribution in [2.24, 2.45) is 0 Å². The number of rotatable bonds is 7. The first-order chi connectivity index (χ1) is 18.0. The van der Waals surface area contributed by atoms with Crippen molar-refractivity contribution in [1.82, 2.24) is 14.8 Å². The Labute approximate surface area is 215 Å². The molecule has 6 nitrogen and oxygen atoms in total.